The van der Waals surface area contributed by atoms with E-state index in [1.165, 1.54) is 4.31 Å². The Balaban J connectivity index is 1.95. The van der Waals surface area contributed by atoms with E-state index in [2.05, 4.69) is 10.6 Å². The van der Waals surface area contributed by atoms with E-state index >= 15 is 0 Å². The van der Waals surface area contributed by atoms with Gasteiger partial charge in [-0.3, -0.25) is 9.59 Å². The number of sulfonamides is 1. The fourth-order valence-electron chi connectivity index (χ4n) is 3.17. The Morgan fingerprint density at radius 1 is 1.18 bits per heavy atom. The lowest BCUT2D eigenvalue weighted by Crippen LogP contribution is -2.52. The van der Waals surface area contributed by atoms with Gasteiger partial charge in [-0.2, -0.15) is 4.31 Å². The maximum absolute atomic E-state index is 12.6. The summed E-state index contributed by atoms with van der Waals surface area (Å²) in [5.74, 6) is -0.329. The Labute approximate surface area is 167 Å². The van der Waals surface area contributed by atoms with Crippen molar-refractivity contribution >= 4 is 27.5 Å². The van der Waals surface area contributed by atoms with Gasteiger partial charge in [0.15, 0.2) is 0 Å². The van der Waals surface area contributed by atoms with Crippen LogP contribution >= 0.6 is 0 Å². The largest absolute Gasteiger partial charge is 0.351 e. The quantitative estimate of drug-likeness (QED) is 0.689. The normalized spacial score (nSPS) is 18.1. The van der Waals surface area contributed by atoms with Crippen LogP contribution in [-0.2, 0) is 26.2 Å². The fourth-order valence-corrected chi connectivity index (χ4v) is 4.92. The Morgan fingerprint density at radius 3 is 2.46 bits per heavy atom. The topological polar surface area (TPSA) is 95.6 Å². The monoisotopic (exact) mass is 409 g/mol. The Morgan fingerprint density at radius 2 is 1.86 bits per heavy atom. The first-order valence-electron chi connectivity index (χ1n) is 9.91. The average Bonchev–Trinajstić information content (AvgIpc) is 2.67. The van der Waals surface area contributed by atoms with Gasteiger partial charge in [0, 0.05) is 24.7 Å². The highest BCUT2D eigenvalue weighted by Gasteiger charge is 2.35. The van der Waals surface area contributed by atoms with Gasteiger partial charge < -0.3 is 10.6 Å². The zero-order valence-corrected chi connectivity index (χ0v) is 17.7. The van der Waals surface area contributed by atoms with Gasteiger partial charge in [0.05, 0.1) is 5.75 Å². The van der Waals surface area contributed by atoms with E-state index in [9.17, 15) is 18.0 Å². The maximum Gasteiger partial charge on any atom is 0.238 e. The Bertz CT molecular complexity index is 775. The van der Waals surface area contributed by atoms with Gasteiger partial charge in [-0.15, -0.1) is 0 Å². The summed E-state index contributed by atoms with van der Waals surface area (Å²) in [6, 6.07) is 6.63. The lowest BCUT2D eigenvalue weighted by molar-refractivity contribution is -0.125. The predicted molar refractivity (Wildman–Crippen MR) is 110 cm³/mol. The summed E-state index contributed by atoms with van der Waals surface area (Å²) in [7, 11) is -3.40. The number of anilines is 1. The zero-order chi connectivity index (χ0) is 20.7. The average molecular weight is 410 g/mol. The molecule has 7 nitrogen and oxygen atoms in total. The summed E-state index contributed by atoms with van der Waals surface area (Å²) >= 11 is 0. The van der Waals surface area contributed by atoms with Crippen LogP contribution in [0.4, 0.5) is 5.69 Å². The summed E-state index contributed by atoms with van der Waals surface area (Å²) in [4.78, 5) is 24.4. The van der Waals surface area contributed by atoms with Crippen molar-refractivity contribution in [1.29, 1.82) is 0 Å². The number of nitrogens with zero attached hydrogens (tertiary/aromatic N) is 1. The minimum absolute atomic E-state index is 0.0493. The van der Waals surface area contributed by atoms with Crippen LogP contribution in [0.15, 0.2) is 24.3 Å². The zero-order valence-electron chi connectivity index (χ0n) is 16.9. The molecule has 1 atom stereocenters. The lowest BCUT2D eigenvalue weighted by atomic mass is 10.0. The molecule has 0 aliphatic carbocycles. The molecule has 1 aromatic carbocycles. The van der Waals surface area contributed by atoms with Crippen LogP contribution in [0.25, 0.3) is 0 Å². The molecule has 156 valence electrons. The van der Waals surface area contributed by atoms with Crippen LogP contribution in [0, 0.1) is 5.92 Å². The van der Waals surface area contributed by atoms with Gasteiger partial charge in [-0.25, -0.2) is 8.42 Å². The Hall–Kier alpha value is -1.93. The van der Waals surface area contributed by atoms with Gasteiger partial charge in [0.25, 0.3) is 0 Å². The molecule has 0 saturated carbocycles. The second kappa shape index (κ2) is 10.0. The standard InChI is InChI=1S/C20H31N3O4S/c1-4-13-28(26,27)23-12-6-5-7-18(23)20(25)21-14-16-8-10-17(11-9-16)22-19(24)15(2)3/h8-11,15,18H,4-7,12-14H2,1-3H3,(H,21,25)(H,22,24). The highest BCUT2D eigenvalue weighted by atomic mass is 32.2. The van der Waals surface area contributed by atoms with Crippen molar-refractivity contribution < 1.29 is 18.0 Å². The van der Waals surface area contributed by atoms with E-state index < -0.39 is 16.1 Å². The second-order valence-corrected chi connectivity index (χ2v) is 9.54. The molecule has 28 heavy (non-hydrogen) atoms. The van der Waals surface area contributed by atoms with Crippen LogP contribution in [0.1, 0.15) is 52.0 Å². The number of rotatable bonds is 8. The minimum Gasteiger partial charge on any atom is -0.351 e. The molecule has 0 bridgehead atoms. The second-order valence-electron chi connectivity index (χ2n) is 7.50. The van der Waals surface area contributed by atoms with Gasteiger partial charge in [0.1, 0.15) is 6.04 Å². The Kier molecular flexibility index (Phi) is 8.00. The van der Waals surface area contributed by atoms with Crippen molar-refractivity contribution in [3.63, 3.8) is 0 Å². The van der Waals surface area contributed by atoms with Gasteiger partial charge in [-0.1, -0.05) is 39.3 Å². The van der Waals surface area contributed by atoms with E-state index in [-0.39, 0.29) is 23.5 Å². The number of hydrogen-bond acceptors (Lipinski definition) is 4. The third kappa shape index (κ3) is 6.04. The molecule has 2 amide bonds. The SMILES string of the molecule is CCCS(=O)(=O)N1CCCCC1C(=O)NCc1ccc(NC(=O)C(C)C)cc1. The molecule has 1 saturated heterocycles. The third-order valence-electron chi connectivity index (χ3n) is 4.79. The molecule has 1 aromatic rings. The van der Waals surface area contributed by atoms with Gasteiger partial charge in [-0.05, 0) is 37.0 Å². The fraction of sp³-hybridized carbons (Fsp3) is 0.600. The van der Waals surface area contributed by atoms with E-state index in [4.69, 9.17) is 0 Å². The number of carbonyl (C=O) groups excluding carboxylic acids is 2. The highest BCUT2D eigenvalue weighted by Crippen LogP contribution is 2.21. The molecular weight excluding hydrogens is 378 g/mol. The molecule has 1 heterocycles. The molecule has 0 radical (unpaired) electrons. The number of nitrogens with one attached hydrogen (secondary N) is 2. The van der Waals surface area contributed by atoms with E-state index in [0.29, 0.717) is 31.6 Å². The van der Waals surface area contributed by atoms with Crippen molar-refractivity contribution in [2.75, 3.05) is 17.6 Å². The van der Waals surface area contributed by atoms with Crippen molar-refractivity contribution in [2.24, 2.45) is 5.92 Å². The minimum atomic E-state index is -3.40. The molecule has 1 fully saturated rings. The van der Waals surface area contributed by atoms with Crippen molar-refractivity contribution in [2.45, 2.75) is 59.0 Å². The maximum atomic E-state index is 12.6. The van der Waals surface area contributed by atoms with Gasteiger partial charge >= 0.3 is 0 Å². The molecule has 2 rings (SSSR count). The first-order valence-corrected chi connectivity index (χ1v) is 11.5. The van der Waals surface area contributed by atoms with Gasteiger partial charge in [0.2, 0.25) is 21.8 Å². The molecule has 1 aliphatic rings. The molecule has 0 aromatic heterocycles. The predicted octanol–water partition coefficient (Wildman–Crippen LogP) is 2.49. The first-order chi connectivity index (χ1) is 13.2. The molecule has 1 aliphatic heterocycles. The van der Waals surface area contributed by atoms with Crippen LogP contribution in [0.5, 0.6) is 0 Å². The first kappa shape index (κ1) is 22.4. The molecule has 1 unspecified atom stereocenters. The lowest BCUT2D eigenvalue weighted by Gasteiger charge is -2.33. The van der Waals surface area contributed by atoms with Crippen molar-refractivity contribution in [3.05, 3.63) is 29.8 Å². The van der Waals surface area contributed by atoms with Crippen LogP contribution in [-0.4, -0.2) is 42.9 Å². The van der Waals surface area contributed by atoms with E-state index in [0.717, 1.165) is 18.4 Å². The van der Waals surface area contributed by atoms with Crippen molar-refractivity contribution in [1.82, 2.24) is 9.62 Å². The number of piperidine rings is 1. The number of hydrogen-bond donors (Lipinski definition) is 2. The third-order valence-corrected chi connectivity index (χ3v) is 6.86. The van der Waals surface area contributed by atoms with Crippen LogP contribution < -0.4 is 10.6 Å². The summed E-state index contributed by atoms with van der Waals surface area (Å²) in [5, 5.41) is 5.68. The smallest absolute Gasteiger partial charge is 0.238 e. The summed E-state index contributed by atoms with van der Waals surface area (Å²) in [6.45, 7) is 6.20. The summed E-state index contributed by atoms with van der Waals surface area (Å²) in [5.41, 5.74) is 1.59. The van der Waals surface area contributed by atoms with Crippen LogP contribution in [0.3, 0.4) is 0 Å². The van der Waals surface area contributed by atoms with E-state index in [1.54, 1.807) is 12.1 Å². The number of benzene rings is 1. The summed E-state index contributed by atoms with van der Waals surface area (Å²) < 4.78 is 26.3. The number of amides is 2. The van der Waals surface area contributed by atoms with Crippen LogP contribution in [0.2, 0.25) is 0 Å². The molecule has 0 spiro atoms. The molecule has 8 heteroatoms. The highest BCUT2D eigenvalue weighted by molar-refractivity contribution is 7.89. The van der Waals surface area contributed by atoms with E-state index in [1.807, 2.05) is 32.9 Å². The number of carbonyl (C=O) groups is 2. The molecule has 2 N–H and O–H groups in total. The summed E-state index contributed by atoms with van der Waals surface area (Å²) in [6.07, 6.45) is 2.72. The molecular formula is C20H31N3O4S. The van der Waals surface area contributed by atoms with Crippen molar-refractivity contribution in [3.8, 4) is 0 Å².